The average molecular weight is 297 g/mol. The zero-order valence-corrected chi connectivity index (χ0v) is 12.7. The lowest BCUT2D eigenvalue weighted by molar-refractivity contribution is -0.117. The maximum Gasteiger partial charge on any atom is 0.293 e. The molecule has 2 aromatic rings. The fourth-order valence-corrected chi connectivity index (χ4v) is 2.55. The van der Waals surface area contributed by atoms with Crippen molar-refractivity contribution >= 4 is 11.7 Å². The first-order chi connectivity index (χ1) is 10.5. The van der Waals surface area contributed by atoms with Crippen molar-refractivity contribution < 1.29 is 9.59 Å². The van der Waals surface area contributed by atoms with Crippen molar-refractivity contribution in [2.75, 3.05) is 0 Å². The predicted octanol–water partition coefficient (Wildman–Crippen LogP) is 2.18. The van der Waals surface area contributed by atoms with E-state index in [1.54, 1.807) is 13.2 Å². The van der Waals surface area contributed by atoms with E-state index in [-0.39, 0.29) is 6.04 Å². The first-order valence-corrected chi connectivity index (χ1v) is 7.45. The summed E-state index contributed by atoms with van der Waals surface area (Å²) in [7, 11) is 1.72. The fourth-order valence-electron chi connectivity index (χ4n) is 2.55. The van der Waals surface area contributed by atoms with Gasteiger partial charge < -0.3 is 5.32 Å². The van der Waals surface area contributed by atoms with Gasteiger partial charge in [0.2, 0.25) is 0 Å². The summed E-state index contributed by atoms with van der Waals surface area (Å²) < 4.78 is 1.51. The molecule has 1 saturated carbocycles. The van der Waals surface area contributed by atoms with Gasteiger partial charge in [-0.3, -0.25) is 14.3 Å². The molecule has 1 aromatic heterocycles. The number of aryl methyl sites for hydroxylation is 2. The highest BCUT2D eigenvalue weighted by atomic mass is 16.2. The Bertz CT molecular complexity index is 699. The van der Waals surface area contributed by atoms with Gasteiger partial charge in [-0.15, -0.1) is 0 Å². The number of carbonyl (C=O) groups is 2. The summed E-state index contributed by atoms with van der Waals surface area (Å²) in [6.45, 7) is 2.03. The molecule has 0 radical (unpaired) electrons. The number of nitrogens with one attached hydrogen (secondary N) is 1. The van der Waals surface area contributed by atoms with Crippen LogP contribution in [0.5, 0.6) is 0 Å². The Labute approximate surface area is 129 Å². The van der Waals surface area contributed by atoms with Gasteiger partial charge in [0.25, 0.3) is 11.7 Å². The van der Waals surface area contributed by atoms with Crippen LogP contribution in [0.1, 0.15) is 40.4 Å². The van der Waals surface area contributed by atoms with Crippen molar-refractivity contribution in [1.29, 1.82) is 0 Å². The van der Waals surface area contributed by atoms with Gasteiger partial charge in [-0.25, -0.2) is 0 Å². The van der Waals surface area contributed by atoms with Gasteiger partial charge in [-0.2, -0.15) is 5.10 Å². The smallest absolute Gasteiger partial charge is 0.293 e. The average Bonchev–Trinajstić information content (AvgIpc) is 3.26. The molecular weight excluding hydrogens is 278 g/mol. The van der Waals surface area contributed by atoms with Crippen molar-refractivity contribution in [3.63, 3.8) is 0 Å². The summed E-state index contributed by atoms with van der Waals surface area (Å²) in [6, 6.07) is 8.01. The minimum absolute atomic E-state index is 0.0891. The second-order valence-corrected chi connectivity index (χ2v) is 5.93. The number of hydrogen-bond donors (Lipinski definition) is 1. The number of Topliss-reactive ketones (excluding diaryl/α,β-unsaturated/α-hetero) is 1. The summed E-state index contributed by atoms with van der Waals surface area (Å²) >= 11 is 0. The van der Waals surface area contributed by atoms with Gasteiger partial charge in [-0.1, -0.05) is 29.8 Å². The van der Waals surface area contributed by atoms with E-state index in [9.17, 15) is 9.59 Å². The summed E-state index contributed by atoms with van der Waals surface area (Å²) in [5.41, 5.74) is 2.55. The summed E-state index contributed by atoms with van der Waals surface area (Å²) in [4.78, 5) is 24.4. The highest BCUT2D eigenvalue weighted by molar-refractivity contribution is 6.42. The molecule has 1 atom stereocenters. The highest BCUT2D eigenvalue weighted by Crippen LogP contribution is 2.41. The quantitative estimate of drug-likeness (QED) is 0.679. The van der Waals surface area contributed by atoms with Crippen molar-refractivity contribution in [2.24, 2.45) is 13.0 Å². The van der Waals surface area contributed by atoms with Crippen molar-refractivity contribution in [2.45, 2.75) is 25.8 Å². The summed E-state index contributed by atoms with van der Waals surface area (Å²) in [5.74, 6) is -0.676. The van der Waals surface area contributed by atoms with Gasteiger partial charge in [0.05, 0.1) is 17.8 Å². The third kappa shape index (κ3) is 3.08. The number of benzene rings is 1. The SMILES string of the molecule is Cc1ccc([C@H](NC(=O)C(=O)c2cnn(C)c2)C2CC2)cc1. The molecule has 0 spiro atoms. The molecular formula is C17H19N3O2. The number of carbonyl (C=O) groups excluding carboxylic acids is 2. The van der Waals surface area contributed by atoms with Crippen LogP contribution in [-0.4, -0.2) is 21.5 Å². The molecule has 114 valence electrons. The minimum atomic E-state index is -0.564. The van der Waals surface area contributed by atoms with E-state index in [1.807, 2.05) is 31.2 Å². The van der Waals surface area contributed by atoms with Crippen LogP contribution < -0.4 is 5.32 Å². The standard InChI is InChI=1S/C17H19N3O2/c1-11-3-5-12(6-4-11)15(13-7-8-13)19-17(22)16(21)14-9-18-20(2)10-14/h3-6,9-10,13,15H,7-8H2,1-2H3,(H,19,22)/t15-/m0/s1. The van der Waals surface area contributed by atoms with Crippen LogP contribution in [0.25, 0.3) is 0 Å². The van der Waals surface area contributed by atoms with E-state index in [4.69, 9.17) is 0 Å². The Balaban J connectivity index is 1.75. The molecule has 1 amide bonds. The van der Waals surface area contributed by atoms with Crippen LogP contribution >= 0.6 is 0 Å². The number of ketones is 1. The van der Waals surface area contributed by atoms with E-state index in [1.165, 1.54) is 16.4 Å². The van der Waals surface area contributed by atoms with Crippen molar-refractivity contribution in [1.82, 2.24) is 15.1 Å². The molecule has 5 heteroatoms. The van der Waals surface area contributed by atoms with Gasteiger partial charge in [0.15, 0.2) is 0 Å². The molecule has 0 bridgehead atoms. The van der Waals surface area contributed by atoms with Crippen LogP contribution in [0, 0.1) is 12.8 Å². The third-order valence-corrected chi connectivity index (χ3v) is 3.99. The molecule has 1 aliphatic carbocycles. The number of hydrogen-bond acceptors (Lipinski definition) is 3. The second-order valence-electron chi connectivity index (χ2n) is 5.93. The van der Waals surface area contributed by atoms with E-state index >= 15 is 0 Å². The predicted molar refractivity (Wildman–Crippen MR) is 82.3 cm³/mol. The number of nitrogens with zero attached hydrogens (tertiary/aromatic N) is 2. The highest BCUT2D eigenvalue weighted by Gasteiger charge is 2.34. The fraction of sp³-hybridized carbons (Fsp3) is 0.353. The van der Waals surface area contributed by atoms with E-state index < -0.39 is 11.7 Å². The van der Waals surface area contributed by atoms with E-state index in [2.05, 4.69) is 10.4 Å². The lowest BCUT2D eigenvalue weighted by atomic mass is 10.0. The number of rotatable bonds is 5. The van der Waals surface area contributed by atoms with Crippen LogP contribution in [-0.2, 0) is 11.8 Å². The molecule has 1 N–H and O–H groups in total. The molecule has 1 aromatic carbocycles. The molecule has 1 heterocycles. The van der Waals surface area contributed by atoms with Crippen LogP contribution in [0.4, 0.5) is 0 Å². The molecule has 0 unspecified atom stereocenters. The lowest BCUT2D eigenvalue weighted by Gasteiger charge is -2.18. The van der Waals surface area contributed by atoms with Crippen molar-refractivity contribution in [3.05, 3.63) is 53.3 Å². The zero-order valence-electron chi connectivity index (χ0n) is 12.7. The Hall–Kier alpha value is -2.43. The van der Waals surface area contributed by atoms with Gasteiger partial charge in [0, 0.05) is 13.2 Å². The topological polar surface area (TPSA) is 64.0 Å². The monoisotopic (exact) mass is 297 g/mol. The van der Waals surface area contributed by atoms with E-state index in [0.29, 0.717) is 11.5 Å². The molecule has 1 aliphatic rings. The van der Waals surface area contributed by atoms with Gasteiger partial charge >= 0.3 is 0 Å². The van der Waals surface area contributed by atoms with Crippen LogP contribution in [0.2, 0.25) is 0 Å². The maximum atomic E-state index is 12.2. The Morgan fingerprint density at radius 1 is 1.27 bits per heavy atom. The molecule has 3 rings (SSSR count). The number of amides is 1. The largest absolute Gasteiger partial charge is 0.342 e. The van der Waals surface area contributed by atoms with Crippen LogP contribution in [0.15, 0.2) is 36.7 Å². The summed E-state index contributed by atoms with van der Waals surface area (Å²) in [5, 5.41) is 6.83. The number of aromatic nitrogens is 2. The first kappa shape index (κ1) is 14.5. The minimum Gasteiger partial charge on any atom is -0.342 e. The van der Waals surface area contributed by atoms with E-state index in [0.717, 1.165) is 18.4 Å². The summed E-state index contributed by atoms with van der Waals surface area (Å²) in [6.07, 6.45) is 5.14. The van der Waals surface area contributed by atoms with Crippen LogP contribution in [0.3, 0.4) is 0 Å². The van der Waals surface area contributed by atoms with Crippen molar-refractivity contribution in [3.8, 4) is 0 Å². The Kier molecular flexibility index (Phi) is 3.79. The normalized spacial score (nSPS) is 15.4. The Morgan fingerprint density at radius 2 is 1.95 bits per heavy atom. The first-order valence-electron chi connectivity index (χ1n) is 7.45. The molecule has 5 nitrogen and oxygen atoms in total. The van der Waals surface area contributed by atoms with Gasteiger partial charge in [0.1, 0.15) is 0 Å². The maximum absolute atomic E-state index is 12.2. The van der Waals surface area contributed by atoms with Gasteiger partial charge in [-0.05, 0) is 31.2 Å². The third-order valence-electron chi connectivity index (χ3n) is 3.99. The Morgan fingerprint density at radius 3 is 2.50 bits per heavy atom. The molecule has 22 heavy (non-hydrogen) atoms. The molecule has 0 saturated heterocycles. The zero-order chi connectivity index (χ0) is 15.7. The second kappa shape index (κ2) is 5.75. The molecule has 0 aliphatic heterocycles. The lowest BCUT2D eigenvalue weighted by Crippen LogP contribution is -2.35. The molecule has 1 fully saturated rings.